The number of urea groups is 1. The molecule has 2 amide bonds. The van der Waals surface area contributed by atoms with Crippen molar-refractivity contribution in [3.05, 3.63) is 40.7 Å². The highest BCUT2D eigenvalue weighted by atomic mass is 32.1. The average molecular weight is 356 g/mol. The monoisotopic (exact) mass is 356 g/mol. The molecule has 1 aliphatic rings. The average Bonchev–Trinajstić information content (AvgIpc) is 3.19. The molecule has 0 radical (unpaired) electrons. The van der Waals surface area contributed by atoms with Gasteiger partial charge in [-0.15, -0.1) is 11.3 Å². The second-order valence-corrected chi connectivity index (χ2v) is 7.65. The first-order valence-electron chi connectivity index (χ1n) is 8.48. The number of rotatable bonds is 2. The highest BCUT2D eigenvalue weighted by Crippen LogP contribution is 2.31. The molecule has 1 N–H and O–H groups in total. The van der Waals surface area contributed by atoms with Crippen molar-refractivity contribution in [1.29, 1.82) is 0 Å². The molecule has 1 saturated heterocycles. The van der Waals surface area contributed by atoms with E-state index in [4.69, 9.17) is 4.52 Å². The van der Waals surface area contributed by atoms with Crippen LogP contribution in [0.4, 0.5) is 10.5 Å². The molecule has 0 spiro atoms. The number of likely N-dealkylation sites (tertiary alicyclic amines) is 1. The lowest BCUT2D eigenvalue weighted by Gasteiger charge is -2.34. The number of hydrogen-bond donors (Lipinski definition) is 1. The third-order valence-corrected chi connectivity index (χ3v) is 5.45. The highest BCUT2D eigenvalue weighted by Gasteiger charge is 2.30. The lowest BCUT2D eigenvalue weighted by molar-refractivity contribution is 0.159. The number of nitrogens with zero attached hydrogens (tertiary/aromatic N) is 3. The molecular weight excluding hydrogens is 336 g/mol. The molecule has 3 heterocycles. The molecule has 0 aliphatic carbocycles. The van der Waals surface area contributed by atoms with E-state index in [2.05, 4.69) is 15.5 Å². The molecule has 0 unspecified atom stereocenters. The summed E-state index contributed by atoms with van der Waals surface area (Å²) in [5.41, 5.74) is 2.52. The number of anilines is 1. The van der Waals surface area contributed by atoms with Crippen LogP contribution in [0.2, 0.25) is 0 Å². The van der Waals surface area contributed by atoms with Crippen molar-refractivity contribution in [2.45, 2.75) is 39.2 Å². The van der Waals surface area contributed by atoms with Gasteiger partial charge in [0.1, 0.15) is 11.5 Å². The van der Waals surface area contributed by atoms with Gasteiger partial charge in [0.15, 0.2) is 0 Å². The number of amides is 2. The summed E-state index contributed by atoms with van der Waals surface area (Å²) < 4.78 is 6.33. The van der Waals surface area contributed by atoms with Crippen LogP contribution in [0.3, 0.4) is 0 Å². The standard InChI is InChI=1S/C18H20N4O2S/c1-11-9-14(21-24-11)16-5-3-4-8-22(16)18(23)20-13-6-7-17-15(10-13)19-12(2)25-17/h6-7,9-10,16H,3-5,8H2,1-2H3,(H,20,23)/t16-/m0/s1. The second kappa shape index (κ2) is 6.48. The molecule has 7 heteroatoms. The van der Waals surface area contributed by atoms with Crippen LogP contribution in [0.25, 0.3) is 10.2 Å². The number of carbonyl (C=O) groups is 1. The molecule has 25 heavy (non-hydrogen) atoms. The van der Waals surface area contributed by atoms with Crippen LogP contribution in [-0.2, 0) is 0 Å². The molecule has 3 aromatic rings. The first-order chi connectivity index (χ1) is 12.1. The van der Waals surface area contributed by atoms with E-state index in [1.807, 2.05) is 43.0 Å². The predicted molar refractivity (Wildman–Crippen MR) is 97.9 cm³/mol. The van der Waals surface area contributed by atoms with Gasteiger partial charge in [-0.25, -0.2) is 9.78 Å². The minimum absolute atomic E-state index is 0.0311. The predicted octanol–water partition coefficient (Wildman–Crippen LogP) is 4.66. The minimum atomic E-state index is -0.100. The van der Waals surface area contributed by atoms with Gasteiger partial charge in [-0.3, -0.25) is 0 Å². The van der Waals surface area contributed by atoms with Crippen LogP contribution in [0.1, 0.15) is 41.8 Å². The van der Waals surface area contributed by atoms with Crippen LogP contribution in [0.15, 0.2) is 28.8 Å². The molecular formula is C18H20N4O2S. The first kappa shape index (κ1) is 16.1. The summed E-state index contributed by atoms with van der Waals surface area (Å²) in [7, 11) is 0. The fourth-order valence-corrected chi connectivity index (χ4v) is 4.15. The number of fused-ring (bicyclic) bond motifs is 1. The lowest BCUT2D eigenvalue weighted by atomic mass is 9.99. The van der Waals surface area contributed by atoms with Gasteiger partial charge in [-0.2, -0.15) is 0 Å². The number of aryl methyl sites for hydroxylation is 2. The lowest BCUT2D eigenvalue weighted by Crippen LogP contribution is -2.41. The van der Waals surface area contributed by atoms with Crippen molar-refractivity contribution >= 4 is 33.3 Å². The van der Waals surface area contributed by atoms with Gasteiger partial charge in [0.05, 0.1) is 21.3 Å². The number of carbonyl (C=O) groups excluding carboxylic acids is 1. The summed E-state index contributed by atoms with van der Waals surface area (Å²) in [6.07, 6.45) is 3.00. The summed E-state index contributed by atoms with van der Waals surface area (Å²) in [6.45, 7) is 4.58. The largest absolute Gasteiger partial charge is 0.361 e. The fourth-order valence-electron chi connectivity index (χ4n) is 3.34. The van der Waals surface area contributed by atoms with Crippen LogP contribution in [-0.4, -0.2) is 27.6 Å². The maximum absolute atomic E-state index is 12.8. The Morgan fingerprint density at radius 1 is 1.32 bits per heavy atom. The zero-order valence-electron chi connectivity index (χ0n) is 14.3. The minimum Gasteiger partial charge on any atom is -0.361 e. The van der Waals surface area contributed by atoms with E-state index in [-0.39, 0.29) is 12.1 Å². The first-order valence-corrected chi connectivity index (χ1v) is 9.30. The van der Waals surface area contributed by atoms with Crippen LogP contribution in [0.5, 0.6) is 0 Å². The SMILES string of the molecule is Cc1cc([C@@H]2CCCCN2C(=O)Nc2ccc3sc(C)nc3c2)no1. The van der Waals surface area contributed by atoms with Crippen LogP contribution in [0, 0.1) is 13.8 Å². The van der Waals surface area contributed by atoms with Crippen molar-refractivity contribution in [2.75, 3.05) is 11.9 Å². The normalized spacial score (nSPS) is 17.8. The molecule has 1 fully saturated rings. The van der Waals surface area contributed by atoms with Crippen molar-refractivity contribution < 1.29 is 9.32 Å². The number of thiazole rings is 1. The van der Waals surface area contributed by atoms with Crippen molar-refractivity contribution in [2.24, 2.45) is 0 Å². The number of aromatic nitrogens is 2. The molecule has 130 valence electrons. The van der Waals surface area contributed by atoms with Gasteiger partial charge in [0.25, 0.3) is 0 Å². The molecule has 1 aliphatic heterocycles. The Labute approximate surface area is 149 Å². The Bertz CT molecular complexity index is 917. The summed E-state index contributed by atoms with van der Waals surface area (Å²) in [4.78, 5) is 19.2. The summed E-state index contributed by atoms with van der Waals surface area (Å²) in [6, 6.07) is 7.64. The van der Waals surface area contributed by atoms with Crippen LogP contribution < -0.4 is 5.32 Å². The Hall–Kier alpha value is -2.41. The van der Waals surface area contributed by atoms with E-state index < -0.39 is 0 Å². The maximum atomic E-state index is 12.8. The Morgan fingerprint density at radius 2 is 2.20 bits per heavy atom. The van der Waals surface area contributed by atoms with E-state index >= 15 is 0 Å². The van der Waals surface area contributed by atoms with Gasteiger partial charge in [0, 0.05) is 18.3 Å². The fraction of sp³-hybridized carbons (Fsp3) is 0.389. The third-order valence-electron chi connectivity index (χ3n) is 4.50. The highest BCUT2D eigenvalue weighted by molar-refractivity contribution is 7.18. The number of benzene rings is 1. The smallest absolute Gasteiger partial charge is 0.322 e. The Kier molecular flexibility index (Phi) is 4.17. The third kappa shape index (κ3) is 3.24. The Balaban J connectivity index is 1.55. The van der Waals surface area contributed by atoms with Gasteiger partial charge < -0.3 is 14.7 Å². The maximum Gasteiger partial charge on any atom is 0.322 e. The number of piperidine rings is 1. The van der Waals surface area contributed by atoms with E-state index in [1.54, 1.807) is 11.3 Å². The van der Waals surface area contributed by atoms with Gasteiger partial charge in [0.2, 0.25) is 0 Å². The molecule has 6 nitrogen and oxygen atoms in total. The van der Waals surface area contributed by atoms with Crippen molar-refractivity contribution in [3.8, 4) is 0 Å². The van der Waals surface area contributed by atoms with E-state index in [9.17, 15) is 4.79 Å². The van der Waals surface area contributed by atoms with E-state index in [1.165, 1.54) is 0 Å². The summed E-state index contributed by atoms with van der Waals surface area (Å²) in [5, 5.41) is 8.15. The van der Waals surface area contributed by atoms with E-state index in [0.717, 1.165) is 58.2 Å². The molecule has 4 rings (SSSR count). The van der Waals surface area contributed by atoms with Gasteiger partial charge >= 0.3 is 6.03 Å². The quantitative estimate of drug-likeness (QED) is 0.725. The molecule has 2 aromatic heterocycles. The van der Waals surface area contributed by atoms with Gasteiger partial charge in [-0.1, -0.05) is 5.16 Å². The zero-order chi connectivity index (χ0) is 17.4. The molecule has 0 saturated carbocycles. The second-order valence-electron chi connectivity index (χ2n) is 6.41. The Morgan fingerprint density at radius 3 is 3.00 bits per heavy atom. The van der Waals surface area contributed by atoms with Crippen molar-refractivity contribution in [1.82, 2.24) is 15.0 Å². The summed E-state index contributed by atoms with van der Waals surface area (Å²) >= 11 is 1.65. The zero-order valence-corrected chi connectivity index (χ0v) is 15.1. The number of hydrogen-bond acceptors (Lipinski definition) is 5. The summed E-state index contributed by atoms with van der Waals surface area (Å²) in [5.74, 6) is 0.769. The molecule has 1 aromatic carbocycles. The van der Waals surface area contributed by atoms with E-state index in [0.29, 0.717) is 0 Å². The number of nitrogens with one attached hydrogen (secondary N) is 1. The van der Waals surface area contributed by atoms with Crippen molar-refractivity contribution in [3.63, 3.8) is 0 Å². The molecule has 0 bridgehead atoms. The topological polar surface area (TPSA) is 71.3 Å². The van der Waals surface area contributed by atoms with Gasteiger partial charge in [-0.05, 0) is 51.3 Å². The molecule has 1 atom stereocenters. The van der Waals surface area contributed by atoms with Crippen LogP contribution >= 0.6 is 11.3 Å².